The molecule has 1 aromatic rings. The molecule has 1 N–H and O–H groups in total. The molecule has 0 saturated carbocycles. The molecule has 1 aliphatic heterocycles. The highest BCUT2D eigenvalue weighted by Crippen LogP contribution is 2.25. The molecular weight excluding hydrogens is 222 g/mol. The van der Waals surface area contributed by atoms with E-state index < -0.39 is 0 Å². The third-order valence-corrected chi connectivity index (χ3v) is 3.25. The molecule has 1 fully saturated rings. The second-order valence-electron chi connectivity index (χ2n) is 4.61. The van der Waals surface area contributed by atoms with Crippen LogP contribution in [0.4, 0.5) is 0 Å². The molecule has 2 nitrogen and oxygen atoms in total. The third-order valence-electron chi connectivity index (χ3n) is 3.00. The van der Waals surface area contributed by atoms with Gasteiger partial charge in [0.25, 0.3) is 0 Å². The van der Waals surface area contributed by atoms with Crippen LogP contribution in [-0.4, -0.2) is 19.2 Å². The topological polar surface area (TPSA) is 21.3 Å². The molecule has 1 aliphatic rings. The Labute approximate surface area is 102 Å². The largest absolute Gasteiger partial charge is 0.372 e. The van der Waals surface area contributed by atoms with Crippen LogP contribution in [0.15, 0.2) is 24.3 Å². The van der Waals surface area contributed by atoms with Gasteiger partial charge in [-0.15, -0.1) is 0 Å². The molecule has 2 rings (SSSR count). The van der Waals surface area contributed by atoms with E-state index in [9.17, 15) is 0 Å². The van der Waals surface area contributed by atoms with Crippen molar-refractivity contribution < 1.29 is 4.74 Å². The first-order valence-electron chi connectivity index (χ1n) is 5.77. The van der Waals surface area contributed by atoms with E-state index in [4.69, 9.17) is 16.3 Å². The van der Waals surface area contributed by atoms with Gasteiger partial charge >= 0.3 is 0 Å². The van der Waals surface area contributed by atoms with Crippen LogP contribution in [-0.2, 0) is 4.74 Å². The van der Waals surface area contributed by atoms with Crippen molar-refractivity contribution in [3.63, 3.8) is 0 Å². The molecule has 16 heavy (non-hydrogen) atoms. The fourth-order valence-corrected chi connectivity index (χ4v) is 2.13. The van der Waals surface area contributed by atoms with E-state index in [-0.39, 0.29) is 6.10 Å². The number of nitrogens with one attached hydrogen (secondary N) is 1. The Morgan fingerprint density at radius 2 is 1.94 bits per heavy atom. The number of halogens is 1. The lowest BCUT2D eigenvalue weighted by atomic mass is 10.0. The summed E-state index contributed by atoms with van der Waals surface area (Å²) < 4.78 is 5.95. The van der Waals surface area contributed by atoms with Crippen molar-refractivity contribution in [3.8, 4) is 0 Å². The van der Waals surface area contributed by atoms with E-state index in [1.165, 1.54) is 5.56 Å². The lowest BCUT2D eigenvalue weighted by molar-refractivity contribution is 0.0338. The smallest absolute Gasteiger partial charge is 0.0975 e. The van der Waals surface area contributed by atoms with Crippen LogP contribution in [0.1, 0.15) is 25.5 Å². The molecule has 0 aliphatic carbocycles. The van der Waals surface area contributed by atoms with Crippen molar-refractivity contribution in [2.75, 3.05) is 13.2 Å². The van der Waals surface area contributed by atoms with E-state index in [0.717, 1.165) is 18.2 Å². The van der Waals surface area contributed by atoms with Crippen LogP contribution in [0.2, 0.25) is 5.02 Å². The average molecular weight is 240 g/mol. The summed E-state index contributed by atoms with van der Waals surface area (Å²) in [6.45, 7) is 6.19. The lowest BCUT2D eigenvalue weighted by Gasteiger charge is -2.22. The van der Waals surface area contributed by atoms with E-state index in [2.05, 4.69) is 19.2 Å². The van der Waals surface area contributed by atoms with Crippen molar-refractivity contribution in [1.82, 2.24) is 5.32 Å². The molecule has 3 atom stereocenters. The molecule has 1 saturated heterocycles. The maximum atomic E-state index is 5.95. The number of ether oxygens (including phenoxy) is 1. The van der Waals surface area contributed by atoms with Crippen molar-refractivity contribution in [1.29, 1.82) is 0 Å². The number of hydrogen-bond acceptors (Lipinski definition) is 2. The quantitative estimate of drug-likeness (QED) is 0.814. The maximum absolute atomic E-state index is 5.95. The molecule has 1 aromatic carbocycles. The molecular formula is C13H18ClNO. The minimum Gasteiger partial charge on any atom is -0.372 e. The van der Waals surface area contributed by atoms with Crippen LogP contribution in [0.5, 0.6) is 0 Å². The zero-order valence-electron chi connectivity index (χ0n) is 9.74. The van der Waals surface area contributed by atoms with Crippen molar-refractivity contribution in [3.05, 3.63) is 34.9 Å². The predicted molar refractivity (Wildman–Crippen MR) is 66.8 cm³/mol. The zero-order valence-corrected chi connectivity index (χ0v) is 10.5. The van der Waals surface area contributed by atoms with E-state index >= 15 is 0 Å². The molecule has 0 bridgehead atoms. The Morgan fingerprint density at radius 1 is 1.25 bits per heavy atom. The molecule has 0 radical (unpaired) electrons. The van der Waals surface area contributed by atoms with Crippen molar-refractivity contribution in [2.45, 2.75) is 26.0 Å². The van der Waals surface area contributed by atoms with Crippen LogP contribution < -0.4 is 5.32 Å². The Balaban J connectivity index is 2.15. The van der Waals surface area contributed by atoms with Gasteiger partial charge in [-0.3, -0.25) is 0 Å². The average Bonchev–Trinajstić information content (AvgIpc) is 2.44. The van der Waals surface area contributed by atoms with Gasteiger partial charge in [-0.1, -0.05) is 30.7 Å². The summed E-state index contributed by atoms with van der Waals surface area (Å²) in [7, 11) is 0. The van der Waals surface area contributed by atoms with Gasteiger partial charge < -0.3 is 10.1 Å². The fourth-order valence-electron chi connectivity index (χ4n) is 2.00. The zero-order chi connectivity index (χ0) is 11.5. The van der Waals surface area contributed by atoms with Gasteiger partial charge in [-0.25, -0.2) is 0 Å². The van der Waals surface area contributed by atoms with Gasteiger partial charge in [0.2, 0.25) is 0 Å². The number of rotatable bonds is 1. The Morgan fingerprint density at radius 3 is 2.62 bits per heavy atom. The summed E-state index contributed by atoms with van der Waals surface area (Å²) in [4.78, 5) is 0. The monoisotopic (exact) mass is 239 g/mol. The highest BCUT2D eigenvalue weighted by Gasteiger charge is 2.24. The molecule has 0 amide bonds. The van der Waals surface area contributed by atoms with Crippen molar-refractivity contribution in [2.24, 2.45) is 5.92 Å². The van der Waals surface area contributed by atoms with Gasteiger partial charge in [-0.05, 0) is 30.5 Å². The summed E-state index contributed by atoms with van der Waals surface area (Å²) >= 11 is 5.89. The van der Waals surface area contributed by atoms with Crippen LogP contribution in [0.25, 0.3) is 0 Å². The Bertz CT molecular complexity index is 338. The molecule has 3 heteroatoms. The van der Waals surface area contributed by atoms with Crippen LogP contribution in [0, 0.1) is 5.92 Å². The highest BCUT2D eigenvalue weighted by atomic mass is 35.5. The SMILES string of the molecule is CC1CNC(C)C(c2ccc(Cl)cc2)OC1. The summed E-state index contributed by atoms with van der Waals surface area (Å²) in [6, 6.07) is 8.26. The minimum atomic E-state index is 0.127. The van der Waals surface area contributed by atoms with Gasteiger partial charge in [0.1, 0.15) is 0 Å². The molecule has 0 aromatic heterocycles. The van der Waals surface area contributed by atoms with E-state index in [0.29, 0.717) is 12.0 Å². The minimum absolute atomic E-state index is 0.127. The summed E-state index contributed by atoms with van der Waals surface area (Å²) in [5.74, 6) is 0.569. The molecule has 1 heterocycles. The highest BCUT2D eigenvalue weighted by molar-refractivity contribution is 6.30. The first-order valence-corrected chi connectivity index (χ1v) is 6.15. The first kappa shape index (κ1) is 11.9. The summed E-state index contributed by atoms with van der Waals surface area (Å²) in [6.07, 6.45) is 0.127. The lowest BCUT2D eigenvalue weighted by Crippen LogP contribution is -2.32. The molecule has 88 valence electrons. The molecule has 3 unspecified atom stereocenters. The first-order chi connectivity index (χ1) is 7.66. The second-order valence-corrected chi connectivity index (χ2v) is 5.04. The fraction of sp³-hybridized carbons (Fsp3) is 0.538. The van der Waals surface area contributed by atoms with Crippen molar-refractivity contribution >= 4 is 11.6 Å². The second kappa shape index (κ2) is 5.17. The van der Waals surface area contributed by atoms with E-state index in [1.807, 2.05) is 24.3 Å². The maximum Gasteiger partial charge on any atom is 0.0975 e. The summed E-state index contributed by atoms with van der Waals surface area (Å²) in [5.41, 5.74) is 1.19. The van der Waals surface area contributed by atoms with Crippen LogP contribution in [0.3, 0.4) is 0 Å². The van der Waals surface area contributed by atoms with Gasteiger partial charge in [0, 0.05) is 17.6 Å². The predicted octanol–water partition coefficient (Wildman–Crippen LogP) is 3.03. The standard InChI is InChI=1S/C13H18ClNO/c1-9-7-15-10(2)13(16-8-9)11-3-5-12(14)6-4-11/h3-6,9-10,13,15H,7-8H2,1-2H3. The van der Waals surface area contributed by atoms with Gasteiger partial charge in [-0.2, -0.15) is 0 Å². The number of benzene rings is 1. The Kier molecular flexibility index (Phi) is 3.85. The summed E-state index contributed by atoms with van der Waals surface area (Å²) in [5, 5.41) is 4.27. The number of hydrogen-bond donors (Lipinski definition) is 1. The van der Waals surface area contributed by atoms with Gasteiger partial charge in [0.05, 0.1) is 12.7 Å². The molecule has 0 spiro atoms. The third kappa shape index (κ3) is 2.76. The normalized spacial score (nSPS) is 31.1. The van der Waals surface area contributed by atoms with Gasteiger partial charge in [0.15, 0.2) is 0 Å². The van der Waals surface area contributed by atoms with Crippen LogP contribution >= 0.6 is 11.6 Å². The van der Waals surface area contributed by atoms with E-state index in [1.54, 1.807) is 0 Å². The Hall–Kier alpha value is -0.570.